The molecule has 0 aromatic heterocycles. The number of aliphatic hydroxyl groups is 1. The Balaban J connectivity index is 1.97. The lowest BCUT2D eigenvalue weighted by Crippen LogP contribution is -2.62. The van der Waals surface area contributed by atoms with E-state index in [-0.39, 0.29) is 17.8 Å². The number of carbonyl (C=O) groups excluding carboxylic acids is 1. The number of amides is 1. The van der Waals surface area contributed by atoms with E-state index in [0.29, 0.717) is 19.5 Å². The van der Waals surface area contributed by atoms with Gasteiger partial charge in [0.25, 0.3) is 0 Å². The molecule has 4 nitrogen and oxygen atoms in total. The zero-order valence-electron chi connectivity index (χ0n) is 15.2. The summed E-state index contributed by atoms with van der Waals surface area (Å²) in [4.78, 5) is 14.0. The molecule has 0 spiro atoms. The lowest BCUT2D eigenvalue weighted by molar-refractivity contribution is -0.126. The molecule has 2 N–H and O–H groups in total. The van der Waals surface area contributed by atoms with Gasteiger partial charge >= 0.3 is 0 Å². The Kier molecular flexibility index (Phi) is 5.39. The molecule has 1 aliphatic rings. The maximum Gasteiger partial charge on any atom is 0.217 e. The number of benzene rings is 2. The van der Waals surface area contributed by atoms with Crippen molar-refractivity contribution >= 4 is 5.91 Å². The number of piperidine rings is 1. The summed E-state index contributed by atoms with van der Waals surface area (Å²) in [5.74, 6) is -0.440. The molecule has 0 saturated carbocycles. The van der Waals surface area contributed by atoms with Crippen molar-refractivity contribution < 1.29 is 14.3 Å². The second kappa shape index (κ2) is 7.56. The number of rotatable bonds is 4. The van der Waals surface area contributed by atoms with E-state index in [1.165, 1.54) is 19.1 Å². The number of halogens is 1. The third kappa shape index (κ3) is 4.11. The van der Waals surface area contributed by atoms with Gasteiger partial charge in [-0.1, -0.05) is 42.5 Å². The molecular formula is C21H25FN2O2. The van der Waals surface area contributed by atoms with Crippen LogP contribution in [0.3, 0.4) is 0 Å². The molecular weight excluding hydrogens is 331 g/mol. The number of hydrogen-bond donors (Lipinski definition) is 2. The highest BCUT2D eigenvalue weighted by Gasteiger charge is 2.45. The van der Waals surface area contributed by atoms with Crippen molar-refractivity contribution in [2.45, 2.75) is 44.5 Å². The molecule has 2 aromatic rings. The molecule has 0 aliphatic carbocycles. The first kappa shape index (κ1) is 18.5. The molecule has 2 aromatic carbocycles. The van der Waals surface area contributed by atoms with Crippen LogP contribution in [0, 0.1) is 5.82 Å². The minimum Gasteiger partial charge on any atom is -0.388 e. The van der Waals surface area contributed by atoms with Crippen LogP contribution >= 0.6 is 0 Å². The molecule has 3 atom stereocenters. The maximum atomic E-state index is 13.6. The van der Waals surface area contributed by atoms with E-state index in [4.69, 9.17) is 0 Å². The first-order valence-corrected chi connectivity index (χ1v) is 8.90. The zero-order chi connectivity index (χ0) is 18.7. The van der Waals surface area contributed by atoms with Gasteiger partial charge in [0.15, 0.2) is 0 Å². The largest absolute Gasteiger partial charge is 0.388 e. The van der Waals surface area contributed by atoms with Gasteiger partial charge in [-0.3, -0.25) is 9.69 Å². The van der Waals surface area contributed by atoms with Crippen LogP contribution in [0.2, 0.25) is 0 Å². The quantitative estimate of drug-likeness (QED) is 0.885. The predicted octanol–water partition coefficient (Wildman–Crippen LogP) is 3.03. The van der Waals surface area contributed by atoms with Crippen LogP contribution in [0.4, 0.5) is 4.39 Å². The molecule has 0 bridgehead atoms. The predicted molar refractivity (Wildman–Crippen MR) is 98.8 cm³/mol. The average molecular weight is 356 g/mol. The average Bonchev–Trinajstić information content (AvgIpc) is 2.59. The second-order valence-electron chi connectivity index (χ2n) is 7.24. The van der Waals surface area contributed by atoms with E-state index in [2.05, 4.69) is 10.2 Å². The molecule has 0 radical (unpaired) electrons. The van der Waals surface area contributed by atoms with Crippen LogP contribution in [-0.4, -0.2) is 34.1 Å². The molecule has 1 aliphatic heterocycles. The molecule has 1 fully saturated rings. The van der Waals surface area contributed by atoms with Crippen LogP contribution in [0.5, 0.6) is 0 Å². The Morgan fingerprint density at radius 3 is 2.65 bits per heavy atom. The van der Waals surface area contributed by atoms with Crippen LogP contribution in [-0.2, 0) is 11.3 Å². The number of likely N-dealkylation sites (tertiary alicyclic amines) is 1. The fraction of sp³-hybridized carbons (Fsp3) is 0.381. The van der Waals surface area contributed by atoms with Gasteiger partial charge in [0, 0.05) is 20.0 Å². The monoisotopic (exact) mass is 356 g/mol. The molecule has 26 heavy (non-hydrogen) atoms. The molecule has 5 heteroatoms. The summed E-state index contributed by atoms with van der Waals surface area (Å²) in [6.45, 7) is 4.43. The van der Waals surface area contributed by atoms with Crippen LogP contribution < -0.4 is 5.32 Å². The van der Waals surface area contributed by atoms with Gasteiger partial charge < -0.3 is 10.4 Å². The highest BCUT2D eigenvalue weighted by molar-refractivity contribution is 5.73. The van der Waals surface area contributed by atoms with Crippen LogP contribution in [0.15, 0.2) is 54.6 Å². The summed E-state index contributed by atoms with van der Waals surface area (Å²) in [6.07, 6.45) is 0.524. The van der Waals surface area contributed by atoms with Gasteiger partial charge in [-0.15, -0.1) is 0 Å². The standard InChI is InChI=1S/C21H25FN2O2/c1-15(25)23-20-19(17-8-4-3-5-9-17)24(12-11-21(20,2)26)14-16-7-6-10-18(22)13-16/h3-10,13,19-20,26H,11-12,14H2,1-2H3,(H,23,25)/t19-,20-,21+/m0/s1. The summed E-state index contributed by atoms with van der Waals surface area (Å²) in [7, 11) is 0. The van der Waals surface area contributed by atoms with Gasteiger partial charge in [-0.05, 0) is 36.6 Å². The van der Waals surface area contributed by atoms with Gasteiger partial charge in [0.2, 0.25) is 5.91 Å². The van der Waals surface area contributed by atoms with Crippen LogP contribution in [0.1, 0.15) is 37.4 Å². The van der Waals surface area contributed by atoms with Gasteiger partial charge in [0.05, 0.1) is 17.7 Å². The lowest BCUT2D eigenvalue weighted by atomic mass is 9.79. The third-order valence-corrected chi connectivity index (χ3v) is 5.06. The number of nitrogens with zero attached hydrogens (tertiary/aromatic N) is 1. The van der Waals surface area contributed by atoms with E-state index in [1.54, 1.807) is 13.0 Å². The minimum atomic E-state index is -1.02. The van der Waals surface area contributed by atoms with E-state index in [1.807, 2.05) is 36.4 Å². The minimum absolute atomic E-state index is 0.177. The normalized spacial score (nSPS) is 26.5. The van der Waals surface area contributed by atoms with Crippen molar-refractivity contribution in [3.63, 3.8) is 0 Å². The van der Waals surface area contributed by atoms with Crippen molar-refractivity contribution in [2.24, 2.45) is 0 Å². The summed E-state index contributed by atoms with van der Waals surface area (Å²) < 4.78 is 13.6. The van der Waals surface area contributed by atoms with Crippen molar-refractivity contribution in [3.05, 3.63) is 71.5 Å². The van der Waals surface area contributed by atoms with Crippen LogP contribution in [0.25, 0.3) is 0 Å². The molecule has 1 amide bonds. The summed E-state index contributed by atoms with van der Waals surface area (Å²) in [6, 6.07) is 15.7. The van der Waals surface area contributed by atoms with Gasteiger partial charge in [0.1, 0.15) is 5.82 Å². The Labute approximate surface area is 153 Å². The Bertz CT molecular complexity index is 764. The Morgan fingerprint density at radius 1 is 1.27 bits per heavy atom. The molecule has 1 heterocycles. The first-order chi connectivity index (χ1) is 12.4. The Hall–Kier alpha value is -2.24. The summed E-state index contributed by atoms with van der Waals surface area (Å²) >= 11 is 0. The SMILES string of the molecule is CC(=O)N[C@H]1[C@H](c2ccccc2)N(Cc2cccc(F)c2)CC[C@@]1(C)O. The molecule has 3 rings (SSSR count). The van der Waals surface area contributed by atoms with Crippen molar-refractivity contribution in [2.75, 3.05) is 6.54 Å². The maximum absolute atomic E-state index is 13.6. The van der Waals surface area contributed by atoms with Gasteiger partial charge in [-0.25, -0.2) is 4.39 Å². The first-order valence-electron chi connectivity index (χ1n) is 8.90. The smallest absolute Gasteiger partial charge is 0.217 e. The van der Waals surface area contributed by atoms with E-state index >= 15 is 0 Å². The topological polar surface area (TPSA) is 52.6 Å². The number of carbonyl (C=O) groups is 1. The lowest BCUT2D eigenvalue weighted by Gasteiger charge is -2.49. The Morgan fingerprint density at radius 2 is 2.00 bits per heavy atom. The summed E-state index contributed by atoms with van der Waals surface area (Å²) in [5.41, 5.74) is 0.863. The second-order valence-corrected chi connectivity index (χ2v) is 7.24. The van der Waals surface area contributed by atoms with Crippen molar-refractivity contribution in [3.8, 4) is 0 Å². The van der Waals surface area contributed by atoms with E-state index in [9.17, 15) is 14.3 Å². The fourth-order valence-corrected chi connectivity index (χ4v) is 3.77. The van der Waals surface area contributed by atoms with E-state index in [0.717, 1.165) is 11.1 Å². The summed E-state index contributed by atoms with van der Waals surface area (Å²) in [5, 5.41) is 13.9. The highest BCUT2D eigenvalue weighted by Crippen LogP contribution is 2.37. The third-order valence-electron chi connectivity index (χ3n) is 5.06. The molecule has 1 saturated heterocycles. The molecule has 138 valence electrons. The van der Waals surface area contributed by atoms with Crippen molar-refractivity contribution in [1.82, 2.24) is 10.2 Å². The highest BCUT2D eigenvalue weighted by atomic mass is 19.1. The van der Waals surface area contributed by atoms with Gasteiger partial charge in [-0.2, -0.15) is 0 Å². The number of hydrogen-bond acceptors (Lipinski definition) is 3. The number of nitrogens with one attached hydrogen (secondary N) is 1. The van der Waals surface area contributed by atoms with Crippen molar-refractivity contribution in [1.29, 1.82) is 0 Å². The van der Waals surface area contributed by atoms with E-state index < -0.39 is 11.6 Å². The molecule has 0 unspecified atom stereocenters. The fourth-order valence-electron chi connectivity index (χ4n) is 3.77. The zero-order valence-corrected chi connectivity index (χ0v) is 15.2.